The van der Waals surface area contributed by atoms with Gasteiger partial charge in [0.1, 0.15) is 0 Å². The first-order valence-corrected chi connectivity index (χ1v) is 27.5. The molecule has 24 nitrogen and oxygen atoms in total. The molecule has 84 heavy (non-hydrogen) atoms. The third-order valence-electron chi connectivity index (χ3n) is 11.0. The van der Waals surface area contributed by atoms with Crippen molar-refractivity contribution in [1.29, 1.82) is 0 Å². The molecule has 0 atom stereocenters. The third-order valence-corrected chi connectivity index (χ3v) is 13.3. The Balaban J connectivity index is 0.000000135. The lowest BCUT2D eigenvalue weighted by atomic mass is 10.1. The molecule has 0 amide bonds. The fourth-order valence-corrected chi connectivity index (χ4v) is 9.03. The van der Waals surface area contributed by atoms with Gasteiger partial charge < -0.3 is 41.9 Å². The van der Waals surface area contributed by atoms with Gasteiger partial charge in [-0.3, -0.25) is 0 Å². The van der Waals surface area contributed by atoms with Gasteiger partial charge in [0.25, 0.3) is 0 Å². The molecule has 31 heteroatoms. The van der Waals surface area contributed by atoms with E-state index in [-0.39, 0.29) is 35.3 Å². The predicted octanol–water partition coefficient (Wildman–Crippen LogP) is 10.7. The maximum absolute atomic E-state index is 12.6. The number of aromatic nitrogens is 16. The first kappa shape index (κ1) is 58.9. The lowest BCUT2D eigenvalue weighted by Crippen LogP contribution is -2.05. The Bertz CT molecular complexity index is 4130. The normalized spacial score (nSPS) is 11.1. The van der Waals surface area contributed by atoms with E-state index in [1.165, 1.54) is 18.3 Å². The van der Waals surface area contributed by atoms with Crippen LogP contribution in [0.3, 0.4) is 0 Å². The van der Waals surface area contributed by atoms with Crippen molar-refractivity contribution in [2.75, 3.05) is 49.4 Å². The summed E-state index contributed by atoms with van der Waals surface area (Å²) in [4.78, 5) is 68.1. The smallest absolute Gasteiger partial charge is 0.416 e. The highest BCUT2D eigenvalue weighted by molar-refractivity contribution is 7.13. The topological polar surface area (TPSA) is 347 Å². The molecule has 0 aliphatic rings. The Morgan fingerprint density at radius 3 is 1.20 bits per heavy atom. The van der Waals surface area contributed by atoms with E-state index >= 15 is 0 Å². The minimum Gasteiger partial charge on any atom is -0.476 e. The van der Waals surface area contributed by atoms with Crippen molar-refractivity contribution in [3.05, 3.63) is 117 Å². The standard InChI is InChI=1S/C15H12F3N5O.C14H11Cl2N5O.2C12H11N5OS/c1-2-24-13-11-12(22-14(19)23-13)20-7-10(21-11)8-3-5-9(6-4-8)15(16,17)18;1-2-22-13-11-12(20-14(17)21-13)18-6-10(19-11)7-3-4-8(15)9(16)5-7;1-2-18-11-9-10(16-12(13)17-11)14-5-8(15-9)7-3-4-19-6-7;1-2-18-11-9-10(16-12(13)17-11)14-6-7(15-9)8-4-3-5-19-8/h3-7H,2H2,1H3,(H2,19,20,22,23);3-6H,2H2,1H3,(H2,17,18,20,21);2*3-6H,2H2,1H3,(H2,13,14,16,17). The van der Waals surface area contributed by atoms with Crippen LogP contribution in [0.5, 0.6) is 23.5 Å². The van der Waals surface area contributed by atoms with Crippen LogP contribution in [-0.4, -0.2) is 106 Å². The minimum absolute atomic E-state index is 0.00234. The van der Waals surface area contributed by atoms with Gasteiger partial charge in [0.05, 0.1) is 94.5 Å². The van der Waals surface area contributed by atoms with E-state index in [1.54, 1.807) is 60.3 Å². The largest absolute Gasteiger partial charge is 0.476 e. The van der Waals surface area contributed by atoms with Gasteiger partial charge in [-0.1, -0.05) is 47.5 Å². The second-order valence-electron chi connectivity index (χ2n) is 16.7. The number of alkyl halides is 3. The van der Waals surface area contributed by atoms with E-state index in [2.05, 4.69) is 79.7 Å². The van der Waals surface area contributed by atoms with Crippen molar-refractivity contribution in [3.63, 3.8) is 0 Å². The molecule has 0 aliphatic carbocycles. The number of halogens is 5. The molecule has 12 rings (SSSR count). The van der Waals surface area contributed by atoms with Crippen molar-refractivity contribution >= 4 is 114 Å². The lowest BCUT2D eigenvalue weighted by Gasteiger charge is -2.09. The summed E-state index contributed by atoms with van der Waals surface area (Å²) in [5.41, 5.74) is 29.8. The number of ether oxygens (including phenoxy) is 4. The number of thiophene rings is 2. The molecule has 0 unspecified atom stereocenters. The summed E-state index contributed by atoms with van der Waals surface area (Å²) < 4.78 is 59.6. The van der Waals surface area contributed by atoms with Crippen LogP contribution in [0.2, 0.25) is 10.0 Å². The Kier molecular flexibility index (Phi) is 18.6. The average Bonchev–Trinajstić information content (AvgIpc) is 4.00. The molecule has 0 bridgehead atoms. The van der Waals surface area contributed by atoms with Gasteiger partial charge in [0.2, 0.25) is 47.3 Å². The first-order chi connectivity index (χ1) is 40.5. The van der Waals surface area contributed by atoms with Crippen LogP contribution in [0, 0.1) is 0 Å². The molecule has 0 aliphatic heterocycles. The second-order valence-corrected chi connectivity index (χ2v) is 19.2. The zero-order chi connectivity index (χ0) is 59.5. The fraction of sp³-hybridized carbons (Fsp3) is 0.170. The summed E-state index contributed by atoms with van der Waals surface area (Å²) in [5.74, 6) is 1.59. The van der Waals surface area contributed by atoms with Crippen LogP contribution in [0.15, 0.2) is 102 Å². The summed E-state index contributed by atoms with van der Waals surface area (Å²) in [6.45, 7) is 9.12. The van der Waals surface area contributed by atoms with Crippen LogP contribution >= 0.6 is 45.9 Å². The third kappa shape index (κ3) is 14.1. The number of hydrogen-bond donors (Lipinski definition) is 4. The Labute approximate surface area is 492 Å². The predicted molar refractivity (Wildman–Crippen MR) is 315 cm³/mol. The molecule has 0 radical (unpaired) electrons. The molecule has 2 aromatic carbocycles. The summed E-state index contributed by atoms with van der Waals surface area (Å²) in [7, 11) is 0. The van der Waals surface area contributed by atoms with E-state index < -0.39 is 11.7 Å². The quantitative estimate of drug-likeness (QED) is 0.0883. The van der Waals surface area contributed by atoms with Crippen molar-refractivity contribution < 1.29 is 32.1 Å². The fourth-order valence-electron chi connectivity index (χ4n) is 7.40. The SMILES string of the molecule is CCOc1nc(N)nc2ncc(-c3ccc(C(F)(F)F)cc3)nc12.CCOc1nc(N)nc2ncc(-c3ccc(Cl)c(Cl)c3)nc12.CCOc1nc(N)nc2ncc(-c3cccs3)nc12.CCOc1nc(N)nc2ncc(-c3ccsc3)nc12. The van der Waals surface area contributed by atoms with Crippen molar-refractivity contribution in [2.24, 2.45) is 0 Å². The van der Waals surface area contributed by atoms with Gasteiger partial charge in [0, 0.05) is 22.1 Å². The Morgan fingerprint density at radius 2 is 0.833 bits per heavy atom. The monoisotopic (exact) mass is 1220 g/mol. The van der Waals surface area contributed by atoms with E-state index in [0.29, 0.717) is 110 Å². The highest BCUT2D eigenvalue weighted by atomic mass is 35.5. The van der Waals surface area contributed by atoms with Gasteiger partial charge in [-0.05, 0) is 74.9 Å². The second kappa shape index (κ2) is 26.5. The van der Waals surface area contributed by atoms with Crippen molar-refractivity contribution in [2.45, 2.75) is 33.9 Å². The van der Waals surface area contributed by atoms with Gasteiger partial charge in [-0.15, -0.1) is 11.3 Å². The minimum atomic E-state index is -4.39. The number of anilines is 4. The summed E-state index contributed by atoms with van der Waals surface area (Å²) in [6, 6.07) is 15.8. The molecular weight excluding hydrogens is 1170 g/mol. The number of fused-ring (bicyclic) bond motifs is 4. The first-order valence-electron chi connectivity index (χ1n) is 24.9. The molecule has 10 heterocycles. The summed E-state index contributed by atoms with van der Waals surface area (Å²) in [6.07, 6.45) is 1.96. The van der Waals surface area contributed by atoms with E-state index in [9.17, 15) is 13.2 Å². The molecule has 8 N–H and O–H groups in total. The van der Waals surface area contributed by atoms with Gasteiger partial charge >= 0.3 is 6.18 Å². The lowest BCUT2D eigenvalue weighted by molar-refractivity contribution is -0.137. The number of nitrogen functional groups attached to an aromatic ring is 4. The number of rotatable bonds is 12. The van der Waals surface area contributed by atoms with E-state index in [1.807, 2.05) is 61.2 Å². The molecule has 10 aromatic heterocycles. The maximum Gasteiger partial charge on any atom is 0.416 e. The molecule has 0 saturated heterocycles. The van der Waals surface area contributed by atoms with E-state index in [0.717, 1.165) is 39.5 Å². The summed E-state index contributed by atoms with van der Waals surface area (Å²) in [5, 5.41) is 6.91. The van der Waals surface area contributed by atoms with Gasteiger partial charge in [-0.25, -0.2) is 39.9 Å². The van der Waals surface area contributed by atoms with Gasteiger partial charge in [-0.2, -0.15) is 64.4 Å². The number of benzene rings is 2. The van der Waals surface area contributed by atoms with E-state index in [4.69, 9.17) is 65.1 Å². The Hall–Kier alpha value is -9.71. The number of nitrogens with zero attached hydrogens (tertiary/aromatic N) is 16. The van der Waals surface area contributed by atoms with Crippen LogP contribution in [-0.2, 0) is 6.18 Å². The zero-order valence-electron chi connectivity index (χ0n) is 44.4. The van der Waals surface area contributed by atoms with Crippen LogP contribution in [0.4, 0.5) is 37.0 Å². The molecule has 428 valence electrons. The zero-order valence-corrected chi connectivity index (χ0v) is 47.6. The average molecular weight is 1220 g/mol. The maximum atomic E-state index is 12.6. The Morgan fingerprint density at radius 1 is 0.440 bits per heavy atom. The van der Waals surface area contributed by atoms with Crippen LogP contribution in [0.25, 0.3) is 89.0 Å². The highest BCUT2D eigenvalue weighted by Crippen LogP contribution is 2.33. The highest BCUT2D eigenvalue weighted by Gasteiger charge is 2.30. The molecular formula is C53H45Cl2F3N20O4S2. The molecule has 0 spiro atoms. The van der Waals surface area contributed by atoms with Crippen molar-refractivity contribution in [3.8, 4) is 67.9 Å². The summed E-state index contributed by atoms with van der Waals surface area (Å²) >= 11 is 15.2. The number of nitrogens with two attached hydrogens (primary N) is 4. The van der Waals surface area contributed by atoms with Crippen molar-refractivity contribution in [1.82, 2.24) is 79.7 Å². The molecule has 0 fully saturated rings. The molecule has 12 aromatic rings. The number of hydrogen-bond acceptors (Lipinski definition) is 26. The molecule has 0 saturated carbocycles. The van der Waals surface area contributed by atoms with Crippen LogP contribution in [0.1, 0.15) is 33.3 Å². The van der Waals surface area contributed by atoms with Crippen LogP contribution < -0.4 is 41.9 Å². The van der Waals surface area contributed by atoms with Gasteiger partial charge in [0.15, 0.2) is 44.7 Å².